The van der Waals surface area contributed by atoms with Crippen LogP contribution >= 0.6 is 0 Å². The van der Waals surface area contributed by atoms with Gasteiger partial charge in [-0.3, -0.25) is 9.69 Å². The molecule has 40 heavy (non-hydrogen) atoms. The summed E-state index contributed by atoms with van der Waals surface area (Å²) >= 11 is 0. The van der Waals surface area contributed by atoms with Crippen molar-refractivity contribution in [3.8, 4) is 5.75 Å². The molecule has 0 saturated carbocycles. The van der Waals surface area contributed by atoms with Crippen LogP contribution in [0, 0.1) is 13.8 Å². The molecule has 11 nitrogen and oxygen atoms in total. The Hall–Kier alpha value is -4.67. The second-order valence-electron chi connectivity index (χ2n) is 9.73. The fraction of sp³-hybridized carbons (Fsp3) is 0.345. The first kappa shape index (κ1) is 28.3. The molecule has 1 atom stereocenters. The molecular weight excluding hydrogens is 512 g/mol. The number of aromatic nitrogens is 2. The number of carboxylic acid groups (broad SMARTS) is 1. The van der Waals surface area contributed by atoms with E-state index in [4.69, 9.17) is 0 Å². The molecule has 0 aliphatic carbocycles. The lowest BCUT2D eigenvalue weighted by Gasteiger charge is -2.30. The molecule has 5 N–H and O–H groups in total. The van der Waals surface area contributed by atoms with Gasteiger partial charge in [-0.25, -0.2) is 19.6 Å². The normalized spacial score (nSPS) is 13.2. The number of carbonyl (C=O) groups excluding carboxylic acids is 2. The molecule has 1 unspecified atom stereocenters. The summed E-state index contributed by atoms with van der Waals surface area (Å²) in [6, 6.07) is 13.0. The van der Waals surface area contributed by atoms with Crippen LogP contribution in [0.4, 0.5) is 16.4 Å². The first-order valence-electron chi connectivity index (χ1n) is 13.3. The third-order valence-electron chi connectivity index (χ3n) is 6.75. The number of urea groups is 1. The summed E-state index contributed by atoms with van der Waals surface area (Å²) < 4.78 is 0. The van der Waals surface area contributed by atoms with E-state index in [-0.39, 0.29) is 17.9 Å². The lowest BCUT2D eigenvalue weighted by Crippen LogP contribution is -2.52. The molecule has 3 aromatic rings. The van der Waals surface area contributed by atoms with E-state index >= 15 is 0 Å². The molecule has 210 valence electrons. The van der Waals surface area contributed by atoms with Crippen molar-refractivity contribution in [3.05, 3.63) is 76.6 Å². The Labute approximate surface area is 232 Å². The van der Waals surface area contributed by atoms with Crippen molar-refractivity contribution in [2.45, 2.75) is 45.6 Å². The number of hydrogen-bond donors (Lipinski definition) is 5. The molecule has 0 saturated heterocycles. The zero-order valence-corrected chi connectivity index (χ0v) is 22.6. The predicted octanol–water partition coefficient (Wildman–Crippen LogP) is 3.19. The Morgan fingerprint density at radius 1 is 1.05 bits per heavy atom. The highest BCUT2D eigenvalue weighted by molar-refractivity contribution is 5.99. The molecule has 11 heteroatoms. The monoisotopic (exact) mass is 546 g/mol. The van der Waals surface area contributed by atoms with E-state index in [1.54, 1.807) is 36.9 Å². The minimum Gasteiger partial charge on any atom is -0.508 e. The molecule has 0 radical (unpaired) electrons. The third-order valence-corrected chi connectivity index (χ3v) is 6.75. The molecule has 2 heterocycles. The summed E-state index contributed by atoms with van der Waals surface area (Å²) in [4.78, 5) is 48.2. The summed E-state index contributed by atoms with van der Waals surface area (Å²) in [7, 11) is 0. The van der Waals surface area contributed by atoms with Gasteiger partial charge >= 0.3 is 12.0 Å². The van der Waals surface area contributed by atoms with E-state index in [0.29, 0.717) is 30.4 Å². The van der Waals surface area contributed by atoms with Gasteiger partial charge in [-0.2, -0.15) is 0 Å². The Balaban J connectivity index is 1.33. The van der Waals surface area contributed by atoms with Crippen molar-refractivity contribution < 1.29 is 24.6 Å². The number of amides is 3. The third kappa shape index (κ3) is 7.04. The molecule has 3 amide bonds. The zero-order valence-electron chi connectivity index (χ0n) is 22.6. The van der Waals surface area contributed by atoms with Crippen LogP contribution in [-0.4, -0.2) is 63.8 Å². The number of phenolic OH excluding ortho intramolecular Hbond substituents is 1. The average Bonchev–Trinajstić information content (AvgIpc) is 2.92. The highest BCUT2D eigenvalue weighted by atomic mass is 16.4. The first-order valence-corrected chi connectivity index (χ1v) is 13.3. The van der Waals surface area contributed by atoms with Gasteiger partial charge in [-0.05, 0) is 68.9 Å². The topological polar surface area (TPSA) is 157 Å². The summed E-state index contributed by atoms with van der Waals surface area (Å²) in [5.74, 6) is -1.30. The highest BCUT2D eigenvalue weighted by Crippen LogP contribution is 2.26. The number of aryl methyl sites for hydroxylation is 4. The Bertz CT molecular complexity index is 1370. The number of nitrogens with one attached hydrogen (secondary N) is 3. The maximum absolute atomic E-state index is 13.0. The van der Waals surface area contributed by atoms with Crippen LogP contribution in [0.1, 0.15) is 45.7 Å². The van der Waals surface area contributed by atoms with Gasteiger partial charge in [0.05, 0.1) is 23.5 Å². The fourth-order valence-corrected chi connectivity index (χ4v) is 4.79. The molecule has 2 aromatic carbocycles. The molecule has 1 aliphatic heterocycles. The molecule has 1 aromatic heterocycles. The number of aromatic hydroxyl groups is 1. The number of phenols is 1. The SMILES string of the molecule is Cc1nc(NCCCc2cccc(O)c2)nc(C)c1C(=O)NC(CNC(=O)N1CCCc2ccccc21)C(=O)O. The number of anilines is 2. The van der Waals surface area contributed by atoms with Gasteiger partial charge < -0.3 is 26.2 Å². The van der Waals surface area contributed by atoms with Crippen molar-refractivity contribution in [2.24, 2.45) is 0 Å². The molecule has 0 bridgehead atoms. The van der Waals surface area contributed by atoms with E-state index in [1.807, 2.05) is 30.3 Å². The van der Waals surface area contributed by atoms with E-state index in [1.165, 1.54) is 0 Å². The number of para-hydroxylation sites is 1. The number of nitrogens with zero attached hydrogens (tertiary/aromatic N) is 3. The van der Waals surface area contributed by atoms with Gasteiger partial charge in [0.2, 0.25) is 5.95 Å². The molecular formula is C29H34N6O5. The smallest absolute Gasteiger partial charge is 0.328 e. The highest BCUT2D eigenvalue weighted by Gasteiger charge is 2.27. The maximum atomic E-state index is 13.0. The van der Waals surface area contributed by atoms with Crippen LogP contribution < -0.4 is 20.9 Å². The van der Waals surface area contributed by atoms with Crippen LogP contribution in [0.3, 0.4) is 0 Å². The minimum absolute atomic E-state index is 0.188. The lowest BCUT2D eigenvalue weighted by atomic mass is 10.0. The van der Waals surface area contributed by atoms with Crippen molar-refractivity contribution in [2.75, 3.05) is 29.9 Å². The van der Waals surface area contributed by atoms with E-state index in [9.17, 15) is 24.6 Å². The minimum atomic E-state index is -1.34. The summed E-state index contributed by atoms with van der Waals surface area (Å²) in [6.07, 6.45) is 3.23. The molecule has 1 aliphatic rings. The second-order valence-corrected chi connectivity index (χ2v) is 9.73. The zero-order chi connectivity index (χ0) is 28.6. The van der Waals surface area contributed by atoms with Gasteiger partial charge in [0.25, 0.3) is 5.91 Å². The van der Waals surface area contributed by atoms with Gasteiger partial charge in [0.15, 0.2) is 0 Å². The first-order chi connectivity index (χ1) is 19.2. The van der Waals surface area contributed by atoms with Gasteiger partial charge in [0, 0.05) is 18.8 Å². The summed E-state index contributed by atoms with van der Waals surface area (Å²) in [6.45, 7) is 4.15. The van der Waals surface area contributed by atoms with Crippen molar-refractivity contribution in [1.82, 2.24) is 20.6 Å². The van der Waals surface area contributed by atoms with Crippen LogP contribution in [0.5, 0.6) is 5.75 Å². The van der Waals surface area contributed by atoms with Crippen molar-refractivity contribution >= 4 is 29.5 Å². The number of rotatable bonds is 10. The molecule has 0 spiro atoms. The van der Waals surface area contributed by atoms with Crippen molar-refractivity contribution in [3.63, 3.8) is 0 Å². The van der Waals surface area contributed by atoms with E-state index in [2.05, 4.69) is 25.9 Å². The van der Waals surface area contributed by atoms with Crippen LogP contribution in [0.25, 0.3) is 0 Å². The van der Waals surface area contributed by atoms with Gasteiger partial charge in [-0.1, -0.05) is 30.3 Å². The number of benzene rings is 2. The number of carbonyl (C=O) groups is 3. The van der Waals surface area contributed by atoms with Crippen LogP contribution in [-0.2, 0) is 17.6 Å². The van der Waals surface area contributed by atoms with Gasteiger partial charge in [0.1, 0.15) is 11.8 Å². The Kier molecular flexibility index (Phi) is 9.15. The Morgan fingerprint density at radius 2 is 1.80 bits per heavy atom. The number of aliphatic carboxylic acids is 1. The number of fused-ring (bicyclic) bond motifs is 1. The lowest BCUT2D eigenvalue weighted by molar-refractivity contribution is -0.139. The maximum Gasteiger partial charge on any atom is 0.328 e. The van der Waals surface area contributed by atoms with Gasteiger partial charge in [-0.15, -0.1) is 0 Å². The van der Waals surface area contributed by atoms with Crippen LogP contribution in [0.15, 0.2) is 48.5 Å². The van der Waals surface area contributed by atoms with E-state index < -0.39 is 23.9 Å². The van der Waals surface area contributed by atoms with E-state index in [0.717, 1.165) is 42.5 Å². The fourth-order valence-electron chi connectivity index (χ4n) is 4.79. The number of carboxylic acids is 1. The largest absolute Gasteiger partial charge is 0.508 e. The average molecular weight is 547 g/mol. The van der Waals surface area contributed by atoms with Crippen LogP contribution in [0.2, 0.25) is 0 Å². The standard InChI is InChI=1S/C29H34N6O5/c1-18-25(19(2)33-28(32-18)30-14-6-9-20-8-5-12-22(36)16-20)26(37)34-23(27(38)39)17-31-29(40)35-15-7-11-21-10-3-4-13-24(21)35/h3-5,8,10,12-13,16,23,36H,6-7,9,11,14-15,17H2,1-2H3,(H,31,40)(H,34,37)(H,38,39)(H,30,32,33). The number of hydrogen-bond acceptors (Lipinski definition) is 7. The second kappa shape index (κ2) is 12.9. The Morgan fingerprint density at radius 3 is 2.52 bits per heavy atom. The summed E-state index contributed by atoms with van der Waals surface area (Å²) in [5, 5.41) is 27.6. The molecule has 4 rings (SSSR count). The molecule has 0 fully saturated rings. The quantitative estimate of drug-likeness (QED) is 0.243. The van der Waals surface area contributed by atoms with Crippen molar-refractivity contribution in [1.29, 1.82) is 0 Å². The predicted molar refractivity (Wildman–Crippen MR) is 151 cm³/mol. The summed E-state index contributed by atoms with van der Waals surface area (Å²) in [5.41, 5.74) is 3.88.